The SMILES string of the molecule is O=CN1CC(c2cnccc2OCCOc2ccc(C3CCC(=O)NC3=O)cc2)C1. The van der Waals surface area contributed by atoms with Crippen LogP contribution in [-0.2, 0) is 14.4 Å². The highest BCUT2D eigenvalue weighted by molar-refractivity contribution is 6.00. The highest BCUT2D eigenvalue weighted by Crippen LogP contribution is 2.32. The summed E-state index contributed by atoms with van der Waals surface area (Å²) in [6.45, 7) is 2.10. The average molecular weight is 409 g/mol. The molecule has 0 saturated carbocycles. The molecule has 1 N–H and O–H groups in total. The van der Waals surface area contributed by atoms with Crippen LogP contribution in [0, 0.1) is 0 Å². The zero-order chi connectivity index (χ0) is 20.9. The van der Waals surface area contributed by atoms with Crippen LogP contribution in [0.4, 0.5) is 0 Å². The van der Waals surface area contributed by atoms with Crippen LogP contribution in [0.15, 0.2) is 42.7 Å². The maximum atomic E-state index is 12.0. The van der Waals surface area contributed by atoms with Crippen molar-refractivity contribution < 1.29 is 23.9 Å². The number of carbonyl (C=O) groups excluding carboxylic acids is 3. The first-order valence-electron chi connectivity index (χ1n) is 9.96. The van der Waals surface area contributed by atoms with Gasteiger partial charge in [0, 0.05) is 43.4 Å². The number of aromatic nitrogens is 1. The van der Waals surface area contributed by atoms with E-state index in [1.807, 2.05) is 30.3 Å². The first kappa shape index (κ1) is 19.9. The molecule has 1 atom stereocenters. The van der Waals surface area contributed by atoms with Gasteiger partial charge in [0.1, 0.15) is 24.7 Å². The molecule has 0 bridgehead atoms. The Morgan fingerprint density at radius 2 is 1.87 bits per heavy atom. The number of carbonyl (C=O) groups is 3. The van der Waals surface area contributed by atoms with Gasteiger partial charge in [0.05, 0.1) is 5.92 Å². The van der Waals surface area contributed by atoms with Gasteiger partial charge in [-0.1, -0.05) is 12.1 Å². The number of hydrogen-bond donors (Lipinski definition) is 1. The molecule has 2 fully saturated rings. The summed E-state index contributed by atoms with van der Waals surface area (Å²) in [5.74, 6) is 0.935. The quantitative estimate of drug-likeness (QED) is 0.404. The zero-order valence-electron chi connectivity index (χ0n) is 16.5. The number of nitrogens with one attached hydrogen (secondary N) is 1. The fourth-order valence-corrected chi connectivity index (χ4v) is 3.75. The Morgan fingerprint density at radius 3 is 2.60 bits per heavy atom. The van der Waals surface area contributed by atoms with Gasteiger partial charge in [0.15, 0.2) is 0 Å². The van der Waals surface area contributed by atoms with Crippen molar-refractivity contribution >= 4 is 18.2 Å². The van der Waals surface area contributed by atoms with Gasteiger partial charge in [-0.05, 0) is 30.2 Å². The first-order chi connectivity index (χ1) is 14.6. The third-order valence-corrected chi connectivity index (χ3v) is 5.44. The molecule has 1 aromatic heterocycles. The Kier molecular flexibility index (Phi) is 5.92. The first-order valence-corrected chi connectivity index (χ1v) is 9.96. The molecule has 30 heavy (non-hydrogen) atoms. The number of benzene rings is 1. The third-order valence-electron chi connectivity index (χ3n) is 5.44. The maximum Gasteiger partial charge on any atom is 0.234 e. The van der Waals surface area contributed by atoms with Crippen molar-refractivity contribution in [1.82, 2.24) is 15.2 Å². The predicted octanol–water partition coefficient (Wildman–Crippen LogP) is 1.62. The number of amides is 3. The lowest BCUT2D eigenvalue weighted by atomic mass is 9.90. The van der Waals surface area contributed by atoms with Gasteiger partial charge in [0.25, 0.3) is 0 Å². The molecule has 8 nitrogen and oxygen atoms in total. The molecule has 0 aliphatic carbocycles. The van der Waals surface area contributed by atoms with Crippen LogP contribution in [0.5, 0.6) is 11.5 Å². The number of ether oxygens (including phenoxy) is 2. The molecule has 3 amide bonds. The smallest absolute Gasteiger partial charge is 0.234 e. The van der Waals surface area contributed by atoms with Crippen molar-refractivity contribution in [1.29, 1.82) is 0 Å². The summed E-state index contributed by atoms with van der Waals surface area (Å²) in [6.07, 6.45) is 5.21. The summed E-state index contributed by atoms with van der Waals surface area (Å²) in [4.78, 5) is 39.9. The molecule has 2 aromatic rings. The Hall–Kier alpha value is -3.42. The Morgan fingerprint density at radius 1 is 1.10 bits per heavy atom. The van der Waals surface area contributed by atoms with Crippen molar-refractivity contribution in [2.24, 2.45) is 0 Å². The second kappa shape index (κ2) is 8.94. The number of imide groups is 1. The number of piperidine rings is 1. The van der Waals surface area contributed by atoms with Crippen LogP contribution in [0.25, 0.3) is 0 Å². The third kappa shape index (κ3) is 4.42. The normalized spacial score (nSPS) is 19.1. The van der Waals surface area contributed by atoms with E-state index in [-0.39, 0.29) is 23.7 Å². The molecule has 2 aliphatic rings. The average Bonchev–Trinajstić information content (AvgIpc) is 2.72. The monoisotopic (exact) mass is 409 g/mol. The highest BCUT2D eigenvalue weighted by Gasteiger charge is 2.29. The van der Waals surface area contributed by atoms with Crippen LogP contribution in [-0.4, -0.2) is 54.4 Å². The van der Waals surface area contributed by atoms with E-state index in [0.29, 0.717) is 44.9 Å². The van der Waals surface area contributed by atoms with Crippen LogP contribution in [0.3, 0.4) is 0 Å². The standard InChI is InChI=1S/C22H23N3O5/c26-14-25-12-16(13-25)19-11-23-8-7-20(19)30-10-9-29-17-3-1-15(2-4-17)18-5-6-21(27)24-22(18)28/h1-4,7-8,11,14,16,18H,5-6,9-10,12-13H2,(H,24,27,28). The molecular formula is C22H23N3O5. The fourth-order valence-electron chi connectivity index (χ4n) is 3.75. The van der Waals surface area contributed by atoms with E-state index in [4.69, 9.17) is 9.47 Å². The molecule has 8 heteroatoms. The van der Waals surface area contributed by atoms with Crippen LogP contribution < -0.4 is 14.8 Å². The summed E-state index contributed by atoms with van der Waals surface area (Å²) in [6, 6.07) is 9.17. The van der Waals surface area contributed by atoms with E-state index >= 15 is 0 Å². The minimum Gasteiger partial charge on any atom is -0.490 e. The van der Waals surface area contributed by atoms with E-state index in [9.17, 15) is 14.4 Å². The summed E-state index contributed by atoms with van der Waals surface area (Å²) in [5, 5.41) is 2.38. The maximum absolute atomic E-state index is 12.0. The Bertz CT molecular complexity index is 925. The highest BCUT2D eigenvalue weighted by atomic mass is 16.5. The van der Waals surface area contributed by atoms with Gasteiger partial charge in [-0.25, -0.2) is 0 Å². The molecular weight excluding hydrogens is 386 g/mol. The number of nitrogens with zero attached hydrogens (tertiary/aromatic N) is 2. The number of pyridine rings is 1. The lowest BCUT2D eigenvalue weighted by molar-refractivity contribution is -0.134. The minimum absolute atomic E-state index is 0.216. The molecule has 0 spiro atoms. The van der Waals surface area contributed by atoms with Crippen molar-refractivity contribution in [2.75, 3.05) is 26.3 Å². The molecule has 0 radical (unpaired) electrons. The molecule has 2 aliphatic heterocycles. The predicted molar refractivity (Wildman–Crippen MR) is 107 cm³/mol. The van der Waals surface area contributed by atoms with Crippen molar-refractivity contribution in [3.05, 3.63) is 53.9 Å². The van der Waals surface area contributed by atoms with E-state index in [2.05, 4.69) is 10.3 Å². The van der Waals surface area contributed by atoms with E-state index in [0.717, 1.165) is 23.3 Å². The lowest BCUT2D eigenvalue weighted by Gasteiger charge is -2.37. The van der Waals surface area contributed by atoms with Gasteiger partial charge >= 0.3 is 0 Å². The van der Waals surface area contributed by atoms with Crippen LogP contribution in [0.1, 0.15) is 35.8 Å². The minimum atomic E-state index is -0.299. The molecule has 3 heterocycles. The lowest BCUT2D eigenvalue weighted by Crippen LogP contribution is -2.43. The number of rotatable bonds is 8. The molecule has 4 rings (SSSR count). The van der Waals surface area contributed by atoms with Crippen LogP contribution >= 0.6 is 0 Å². The van der Waals surface area contributed by atoms with E-state index in [1.54, 1.807) is 17.3 Å². The van der Waals surface area contributed by atoms with Gasteiger partial charge in [0.2, 0.25) is 18.2 Å². The second-order valence-electron chi connectivity index (χ2n) is 7.44. The molecule has 1 unspecified atom stereocenters. The summed E-state index contributed by atoms with van der Waals surface area (Å²) in [5.41, 5.74) is 1.87. The van der Waals surface area contributed by atoms with Gasteiger partial charge in [-0.15, -0.1) is 0 Å². The van der Waals surface area contributed by atoms with E-state index < -0.39 is 0 Å². The molecule has 1 aromatic carbocycles. The summed E-state index contributed by atoms with van der Waals surface area (Å²) < 4.78 is 11.6. The molecule has 156 valence electrons. The number of hydrogen-bond acceptors (Lipinski definition) is 6. The topological polar surface area (TPSA) is 97.8 Å². The van der Waals surface area contributed by atoms with Gasteiger partial charge in [-0.3, -0.25) is 24.7 Å². The van der Waals surface area contributed by atoms with E-state index in [1.165, 1.54) is 0 Å². The largest absolute Gasteiger partial charge is 0.490 e. The fraction of sp³-hybridized carbons (Fsp3) is 0.364. The van der Waals surface area contributed by atoms with Gasteiger partial charge < -0.3 is 14.4 Å². The Balaban J connectivity index is 1.26. The van der Waals surface area contributed by atoms with Crippen molar-refractivity contribution in [3.8, 4) is 11.5 Å². The number of likely N-dealkylation sites (tertiary alicyclic amines) is 1. The van der Waals surface area contributed by atoms with Crippen LogP contribution in [0.2, 0.25) is 0 Å². The van der Waals surface area contributed by atoms with Crippen molar-refractivity contribution in [3.63, 3.8) is 0 Å². The second-order valence-corrected chi connectivity index (χ2v) is 7.44. The van der Waals surface area contributed by atoms with Crippen molar-refractivity contribution in [2.45, 2.75) is 24.7 Å². The molecule has 2 saturated heterocycles. The zero-order valence-corrected chi connectivity index (χ0v) is 16.5. The Labute approximate surface area is 174 Å². The summed E-state index contributed by atoms with van der Waals surface area (Å²) >= 11 is 0. The van der Waals surface area contributed by atoms with Gasteiger partial charge in [-0.2, -0.15) is 0 Å². The summed E-state index contributed by atoms with van der Waals surface area (Å²) in [7, 11) is 0.